The maximum Gasteiger partial charge on any atom is 0.325 e. The van der Waals surface area contributed by atoms with Gasteiger partial charge in [-0.25, -0.2) is 0 Å². The molecule has 1 unspecified atom stereocenters. The molecule has 0 aliphatic rings. The van der Waals surface area contributed by atoms with E-state index in [0.717, 1.165) is 0 Å². The minimum Gasteiger partial charge on any atom is -0.508 e. The van der Waals surface area contributed by atoms with Crippen LogP contribution in [0.1, 0.15) is 32.3 Å². The van der Waals surface area contributed by atoms with Crippen LogP contribution < -0.4 is 0 Å². The molecule has 1 aromatic rings. The van der Waals surface area contributed by atoms with E-state index in [4.69, 9.17) is 4.74 Å². The number of methoxy groups -OCH3 is 1. The first kappa shape index (κ1) is 15.0. The summed E-state index contributed by atoms with van der Waals surface area (Å²) in [6.45, 7) is 5.15. The van der Waals surface area contributed by atoms with Gasteiger partial charge in [0.2, 0.25) is 0 Å². The Hall–Kier alpha value is -2.04. The van der Waals surface area contributed by atoms with Gasteiger partial charge in [0, 0.05) is 0 Å². The Bertz CT molecular complexity index is 456. The first-order valence-corrected chi connectivity index (χ1v) is 5.84. The lowest BCUT2D eigenvalue weighted by Crippen LogP contribution is -2.32. The molecule has 0 bridgehead atoms. The predicted octanol–water partition coefficient (Wildman–Crippen LogP) is 1.99. The van der Waals surface area contributed by atoms with Gasteiger partial charge >= 0.3 is 11.9 Å². The van der Waals surface area contributed by atoms with Gasteiger partial charge in [0.25, 0.3) is 0 Å². The Morgan fingerprint density at radius 1 is 1.11 bits per heavy atom. The molecule has 1 N–H and O–H groups in total. The Morgan fingerprint density at radius 2 is 1.63 bits per heavy atom. The molecular weight excluding hydrogens is 248 g/mol. The second-order valence-corrected chi connectivity index (χ2v) is 5.08. The molecule has 5 nitrogen and oxygen atoms in total. The zero-order chi connectivity index (χ0) is 14.6. The third-order valence-electron chi connectivity index (χ3n) is 2.31. The third kappa shape index (κ3) is 4.28. The molecule has 0 aromatic heterocycles. The summed E-state index contributed by atoms with van der Waals surface area (Å²) in [5.74, 6) is -2.47. The van der Waals surface area contributed by atoms with Gasteiger partial charge in [0.15, 0.2) is 5.92 Å². The SMILES string of the molecule is COC(=O)C(C(=O)OC(C)(C)C)c1ccc(O)cc1. The van der Waals surface area contributed by atoms with E-state index in [1.54, 1.807) is 20.8 Å². The summed E-state index contributed by atoms with van der Waals surface area (Å²) in [5, 5.41) is 9.23. The minimum absolute atomic E-state index is 0.0524. The maximum atomic E-state index is 12.1. The summed E-state index contributed by atoms with van der Waals surface area (Å²) in [7, 11) is 1.21. The molecule has 5 heteroatoms. The van der Waals surface area contributed by atoms with Crippen LogP contribution in [-0.2, 0) is 19.1 Å². The van der Waals surface area contributed by atoms with Crippen molar-refractivity contribution in [3.05, 3.63) is 29.8 Å². The van der Waals surface area contributed by atoms with Crippen LogP contribution in [-0.4, -0.2) is 29.8 Å². The quantitative estimate of drug-likeness (QED) is 0.669. The zero-order valence-corrected chi connectivity index (χ0v) is 11.5. The van der Waals surface area contributed by atoms with E-state index in [-0.39, 0.29) is 5.75 Å². The van der Waals surface area contributed by atoms with E-state index in [2.05, 4.69) is 4.74 Å². The third-order valence-corrected chi connectivity index (χ3v) is 2.31. The summed E-state index contributed by atoms with van der Waals surface area (Å²) >= 11 is 0. The number of rotatable bonds is 3. The molecule has 0 aliphatic carbocycles. The average molecular weight is 266 g/mol. The van der Waals surface area contributed by atoms with E-state index < -0.39 is 23.5 Å². The summed E-state index contributed by atoms with van der Waals surface area (Å²) in [6, 6.07) is 5.77. The number of esters is 2. The average Bonchev–Trinajstić information content (AvgIpc) is 2.29. The Labute approximate surface area is 112 Å². The number of aromatic hydroxyl groups is 1. The van der Waals surface area contributed by atoms with Crippen LogP contribution in [0.5, 0.6) is 5.75 Å². The van der Waals surface area contributed by atoms with Crippen molar-refractivity contribution in [2.45, 2.75) is 32.3 Å². The van der Waals surface area contributed by atoms with Gasteiger partial charge in [0.05, 0.1) is 7.11 Å². The van der Waals surface area contributed by atoms with Crippen LogP contribution in [0, 0.1) is 0 Å². The van der Waals surface area contributed by atoms with E-state index in [1.165, 1.54) is 31.4 Å². The molecule has 0 saturated heterocycles. The molecule has 1 rings (SSSR count). The van der Waals surface area contributed by atoms with Crippen LogP contribution >= 0.6 is 0 Å². The molecule has 0 amide bonds. The topological polar surface area (TPSA) is 72.8 Å². The van der Waals surface area contributed by atoms with Gasteiger partial charge < -0.3 is 14.6 Å². The van der Waals surface area contributed by atoms with E-state index >= 15 is 0 Å². The standard InChI is InChI=1S/C14H18O5/c1-14(2,3)19-13(17)11(12(16)18-4)9-5-7-10(15)8-6-9/h5-8,11,15H,1-4H3. The van der Waals surface area contributed by atoms with E-state index in [0.29, 0.717) is 5.56 Å². The second-order valence-electron chi connectivity index (χ2n) is 5.08. The lowest BCUT2D eigenvalue weighted by molar-refractivity contribution is -0.163. The van der Waals surface area contributed by atoms with Crippen LogP contribution in [0.3, 0.4) is 0 Å². The number of carbonyl (C=O) groups is 2. The van der Waals surface area contributed by atoms with Crippen LogP contribution in [0.25, 0.3) is 0 Å². The summed E-state index contributed by atoms with van der Waals surface area (Å²) in [4.78, 5) is 23.8. The maximum absolute atomic E-state index is 12.1. The highest BCUT2D eigenvalue weighted by Crippen LogP contribution is 2.24. The smallest absolute Gasteiger partial charge is 0.325 e. The van der Waals surface area contributed by atoms with Crippen molar-refractivity contribution in [1.29, 1.82) is 0 Å². The number of ether oxygens (including phenoxy) is 2. The Kier molecular flexibility index (Phi) is 4.53. The summed E-state index contributed by atoms with van der Waals surface area (Å²) < 4.78 is 9.84. The van der Waals surface area contributed by atoms with E-state index in [1.807, 2.05) is 0 Å². The zero-order valence-electron chi connectivity index (χ0n) is 11.5. The van der Waals surface area contributed by atoms with Gasteiger partial charge in [-0.1, -0.05) is 12.1 Å². The van der Waals surface area contributed by atoms with Crippen molar-refractivity contribution in [2.75, 3.05) is 7.11 Å². The second kappa shape index (κ2) is 5.73. The number of phenolic OH excluding ortho intramolecular Hbond substituents is 1. The van der Waals surface area contributed by atoms with Crippen molar-refractivity contribution in [1.82, 2.24) is 0 Å². The van der Waals surface area contributed by atoms with Gasteiger partial charge in [0.1, 0.15) is 11.4 Å². The van der Waals surface area contributed by atoms with Gasteiger partial charge in [-0.3, -0.25) is 9.59 Å². The normalized spacial score (nSPS) is 12.6. The molecule has 0 fully saturated rings. The largest absolute Gasteiger partial charge is 0.508 e. The van der Waals surface area contributed by atoms with Crippen molar-refractivity contribution >= 4 is 11.9 Å². The molecule has 1 aromatic carbocycles. The first-order chi connectivity index (χ1) is 8.74. The Balaban J connectivity index is 3.05. The molecule has 104 valence electrons. The van der Waals surface area contributed by atoms with Crippen molar-refractivity contribution < 1.29 is 24.2 Å². The summed E-state index contributed by atoms with van der Waals surface area (Å²) in [6.07, 6.45) is 0. The number of phenols is 1. The molecule has 0 heterocycles. The fourth-order valence-corrected chi connectivity index (χ4v) is 1.51. The van der Waals surface area contributed by atoms with Crippen LogP contribution in [0.2, 0.25) is 0 Å². The molecule has 0 radical (unpaired) electrons. The number of hydrogen-bond donors (Lipinski definition) is 1. The van der Waals surface area contributed by atoms with Crippen molar-refractivity contribution in [3.63, 3.8) is 0 Å². The monoisotopic (exact) mass is 266 g/mol. The van der Waals surface area contributed by atoms with Crippen LogP contribution in [0.15, 0.2) is 24.3 Å². The molecular formula is C14H18O5. The highest BCUT2D eigenvalue weighted by Gasteiger charge is 2.33. The highest BCUT2D eigenvalue weighted by atomic mass is 16.6. The summed E-state index contributed by atoms with van der Waals surface area (Å²) in [5.41, 5.74) is -0.279. The fourth-order valence-electron chi connectivity index (χ4n) is 1.51. The molecule has 0 saturated carbocycles. The van der Waals surface area contributed by atoms with E-state index in [9.17, 15) is 14.7 Å². The van der Waals surface area contributed by atoms with Gasteiger partial charge in [-0.2, -0.15) is 0 Å². The lowest BCUT2D eigenvalue weighted by Gasteiger charge is -2.23. The highest BCUT2D eigenvalue weighted by molar-refractivity contribution is 6.00. The van der Waals surface area contributed by atoms with Gasteiger partial charge in [-0.15, -0.1) is 0 Å². The van der Waals surface area contributed by atoms with Crippen LogP contribution in [0.4, 0.5) is 0 Å². The first-order valence-electron chi connectivity index (χ1n) is 5.84. The number of benzene rings is 1. The molecule has 1 atom stereocenters. The molecule has 0 aliphatic heterocycles. The van der Waals surface area contributed by atoms with Gasteiger partial charge in [-0.05, 0) is 38.5 Å². The fraction of sp³-hybridized carbons (Fsp3) is 0.429. The number of hydrogen-bond acceptors (Lipinski definition) is 5. The lowest BCUT2D eigenvalue weighted by atomic mass is 9.99. The molecule has 19 heavy (non-hydrogen) atoms. The van der Waals surface area contributed by atoms with Crippen molar-refractivity contribution in [3.8, 4) is 5.75 Å². The Morgan fingerprint density at radius 3 is 2.05 bits per heavy atom. The number of carbonyl (C=O) groups excluding carboxylic acids is 2. The van der Waals surface area contributed by atoms with Crippen molar-refractivity contribution in [2.24, 2.45) is 0 Å². The predicted molar refractivity (Wildman–Crippen MR) is 68.7 cm³/mol. The molecule has 0 spiro atoms. The minimum atomic E-state index is -1.15.